The zero-order chi connectivity index (χ0) is 12.7. The fourth-order valence-electron chi connectivity index (χ4n) is 2.12. The second-order valence-corrected chi connectivity index (χ2v) is 4.95. The molecule has 6 heteroatoms. The lowest BCUT2D eigenvalue weighted by atomic mass is 10.3. The third-order valence-corrected chi connectivity index (χ3v) is 3.60. The standard InChI is InChI=1S/C13H9N5S/c1-2-9-12(14-3-1)13-10(5-15-9)17-11(18-13)4-8-6-19-7-16-8/h1-3,5-7H,4H2,(H,17,18). The maximum absolute atomic E-state index is 4.54. The average molecular weight is 267 g/mol. The SMILES string of the molecule is c1cnc2c(c1)ncc1nc(Cc3cscn3)[nH]c12. The number of imidazole rings is 1. The average Bonchev–Trinajstić information content (AvgIpc) is 3.08. The normalized spacial score (nSPS) is 11.4. The molecule has 4 rings (SSSR count). The van der Waals surface area contributed by atoms with Gasteiger partial charge in [-0.05, 0) is 12.1 Å². The van der Waals surface area contributed by atoms with Crippen LogP contribution in [0, 0.1) is 0 Å². The molecular weight excluding hydrogens is 258 g/mol. The van der Waals surface area contributed by atoms with Crippen LogP contribution in [0.3, 0.4) is 0 Å². The molecule has 0 bridgehead atoms. The summed E-state index contributed by atoms with van der Waals surface area (Å²) >= 11 is 1.59. The lowest BCUT2D eigenvalue weighted by Gasteiger charge is -1.95. The second-order valence-electron chi connectivity index (χ2n) is 4.23. The number of aromatic amines is 1. The van der Waals surface area contributed by atoms with Gasteiger partial charge in [-0.1, -0.05) is 0 Å². The number of fused-ring (bicyclic) bond motifs is 3. The van der Waals surface area contributed by atoms with Gasteiger partial charge in [-0.15, -0.1) is 11.3 Å². The van der Waals surface area contributed by atoms with Gasteiger partial charge >= 0.3 is 0 Å². The van der Waals surface area contributed by atoms with Gasteiger partial charge in [0.15, 0.2) is 0 Å². The van der Waals surface area contributed by atoms with Gasteiger partial charge in [-0.2, -0.15) is 0 Å². The summed E-state index contributed by atoms with van der Waals surface area (Å²) in [6.07, 6.45) is 4.25. The Labute approximate surface area is 112 Å². The lowest BCUT2D eigenvalue weighted by molar-refractivity contribution is 1.00. The van der Waals surface area contributed by atoms with Gasteiger partial charge in [0, 0.05) is 18.0 Å². The van der Waals surface area contributed by atoms with Crippen molar-refractivity contribution in [3.8, 4) is 0 Å². The number of pyridine rings is 2. The van der Waals surface area contributed by atoms with Crippen LogP contribution >= 0.6 is 11.3 Å². The van der Waals surface area contributed by atoms with Gasteiger partial charge in [0.2, 0.25) is 0 Å². The van der Waals surface area contributed by atoms with Crippen molar-refractivity contribution in [2.75, 3.05) is 0 Å². The molecule has 0 saturated carbocycles. The predicted molar refractivity (Wildman–Crippen MR) is 74.1 cm³/mol. The highest BCUT2D eigenvalue weighted by Gasteiger charge is 2.09. The Morgan fingerprint density at radius 2 is 2.16 bits per heavy atom. The zero-order valence-corrected chi connectivity index (χ0v) is 10.7. The maximum Gasteiger partial charge on any atom is 0.114 e. The monoisotopic (exact) mass is 267 g/mol. The Morgan fingerprint density at radius 3 is 3.05 bits per heavy atom. The van der Waals surface area contributed by atoms with E-state index in [1.807, 2.05) is 23.0 Å². The summed E-state index contributed by atoms with van der Waals surface area (Å²) in [5, 5.41) is 2.03. The minimum Gasteiger partial charge on any atom is -0.340 e. The van der Waals surface area contributed by atoms with Crippen molar-refractivity contribution >= 4 is 33.4 Å². The Balaban J connectivity index is 1.88. The van der Waals surface area contributed by atoms with E-state index in [9.17, 15) is 0 Å². The van der Waals surface area contributed by atoms with E-state index >= 15 is 0 Å². The molecule has 4 heterocycles. The molecule has 0 atom stereocenters. The second kappa shape index (κ2) is 4.10. The first kappa shape index (κ1) is 10.6. The highest BCUT2D eigenvalue weighted by molar-refractivity contribution is 7.07. The molecule has 0 spiro atoms. The quantitative estimate of drug-likeness (QED) is 0.606. The fraction of sp³-hybridized carbons (Fsp3) is 0.0769. The van der Waals surface area contributed by atoms with E-state index < -0.39 is 0 Å². The molecule has 0 aliphatic heterocycles. The number of hydrogen-bond donors (Lipinski definition) is 1. The molecule has 0 aliphatic rings. The van der Waals surface area contributed by atoms with E-state index in [0.717, 1.165) is 33.6 Å². The smallest absolute Gasteiger partial charge is 0.114 e. The van der Waals surface area contributed by atoms with Gasteiger partial charge in [0.25, 0.3) is 0 Å². The van der Waals surface area contributed by atoms with Crippen molar-refractivity contribution in [1.82, 2.24) is 24.9 Å². The number of thiazole rings is 1. The van der Waals surface area contributed by atoms with Crippen LogP contribution in [0.25, 0.3) is 22.1 Å². The molecule has 19 heavy (non-hydrogen) atoms. The number of H-pyrrole nitrogens is 1. The van der Waals surface area contributed by atoms with Crippen molar-refractivity contribution < 1.29 is 0 Å². The van der Waals surface area contributed by atoms with Crippen LogP contribution in [0.5, 0.6) is 0 Å². The first-order valence-electron chi connectivity index (χ1n) is 5.85. The van der Waals surface area contributed by atoms with Crippen LogP contribution in [-0.2, 0) is 6.42 Å². The maximum atomic E-state index is 4.54. The van der Waals surface area contributed by atoms with Crippen LogP contribution in [0.1, 0.15) is 11.5 Å². The molecule has 0 radical (unpaired) electrons. The van der Waals surface area contributed by atoms with E-state index in [0.29, 0.717) is 6.42 Å². The molecule has 0 unspecified atom stereocenters. The molecule has 4 aromatic heterocycles. The van der Waals surface area contributed by atoms with Gasteiger partial charge < -0.3 is 4.98 Å². The van der Waals surface area contributed by atoms with Crippen molar-refractivity contribution in [2.45, 2.75) is 6.42 Å². The summed E-state index contributed by atoms with van der Waals surface area (Å²) in [5.74, 6) is 0.890. The first-order chi connectivity index (χ1) is 9.40. The highest BCUT2D eigenvalue weighted by atomic mass is 32.1. The highest BCUT2D eigenvalue weighted by Crippen LogP contribution is 2.20. The van der Waals surface area contributed by atoms with Crippen LogP contribution in [0.4, 0.5) is 0 Å². The summed E-state index contributed by atoms with van der Waals surface area (Å²) in [7, 11) is 0. The minimum atomic E-state index is 0.701. The topological polar surface area (TPSA) is 67.3 Å². The summed E-state index contributed by atoms with van der Waals surface area (Å²) in [4.78, 5) is 20.9. The van der Waals surface area contributed by atoms with E-state index in [4.69, 9.17) is 0 Å². The number of nitrogens with one attached hydrogen (secondary N) is 1. The third-order valence-electron chi connectivity index (χ3n) is 2.96. The largest absolute Gasteiger partial charge is 0.340 e. The number of aromatic nitrogens is 5. The van der Waals surface area contributed by atoms with Gasteiger partial charge in [0.1, 0.15) is 16.9 Å². The molecule has 92 valence electrons. The van der Waals surface area contributed by atoms with Crippen molar-refractivity contribution in [3.05, 3.63) is 46.9 Å². The number of hydrogen-bond acceptors (Lipinski definition) is 5. The Hall–Kier alpha value is -2.34. The van der Waals surface area contributed by atoms with Crippen LogP contribution in [0.2, 0.25) is 0 Å². The molecule has 4 aromatic rings. The van der Waals surface area contributed by atoms with E-state index in [1.54, 1.807) is 23.7 Å². The summed E-state index contributed by atoms with van der Waals surface area (Å²) in [6.45, 7) is 0. The molecule has 1 N–H and O–H groups in total. The first-order valence-corrected chi connectivity index (χ1v) is 6.80. The zero-order valence-electron chi connectivity index (χ0n) is 9.87. The third kappa shape index (κ3) is 1.77. The number of nitrogens with zero attached hydrogens (tertiary/aromatic N) is 4. The van der Waals surface area contributed by atoms with Crippen LogP contribution in [-0.4, -0.2) is 24.9 Å². The van der Waals surface area contributed by atoms with Crippen LogP contribution < -0.4 is 0 Å². The molecule has 0 fully saturated rings. The molecule has 0 amide bonds. The van der Waals surface area contributed by atoms with E-state index in [1.165, 1.54) is 0 Å². The summed E-state index contributed by atoms with van der Waals surface area (Å²) < 4.78 is 0. The van der Waals surface area contributed by atoms with Gasteiger partial charge in [-0.3, -0.25) is 9.97 Å². The van der Waals surface area contributed by atoms with Crippen molar-refractivity contribution in [2.24, 2.45) is 0 Å². The summed E-state index contributed by atoms with van der Waals surface area (Å²) in [5.41, 5.74) is 6.37. The molecule has 0 aliphatic carbocycles. The van der Waals surface area contributed by atoms with Gasteiger partial charge in [-0.25, -0.2) is 9.97 Å². The fourth-order valence-corrected chi connectivity index (χ4v) is 2.67. The van der Waals surface area contributed by atoms with E-state index in [2.05, 4.69) is 24.9 Å². The lowest BCUT2D eigenvalue weighted by Crippen LogP contribution is -1.89. The van der Waals surface area contributed by atoms with Gasteiger partial charge in [0.05, 0.1) is 28.4 Å². The predicted octanol–water partition coefficient (Wildman–Crippen LogP) is 2.55. The minimum absolute atomic E-state index is 0.701. The summed E-state index contributed by atoms with van der Waals surface area (Å²) in [6, 6.07) is 3.83. The Morgan fingerprint density at radius 1 is 1.16 bits per heavy atom. The van der Waals surface area contributed by atoms with Crippen molar-refractivity contribution in [1.29, 1.82) is 0 Å². The van der Waals surface area contributed by atoms with E-state index in [-0.39, 0.29) is 0 Å². The molecule has 0 saturated heterocycles. The molecule has 5 nitrogen and oxygen atoms in total. The Kier molecular flexibility index (Phi) is 2.28. The Bertz CT molecular complexity index is 850. The number of rotatable bonds is 2. The van der Waals surface area contributed by atoms with Crippen molar-refractivity contribution in [3.63, 3.8) is 0 Å². The molecular formula is C13H9N5S. The van der Waals surface area contributed by atoms with Crippen LogP contribution in [0.15, 0.2) is 35.4 Å². The molecule has 0 aromatic carbocycles.